The minimum atomic E-state index is -2.58. The third-order valence-electron chi connectivity index (χ3n) is 1.75. The highest BCUT2D eigenvalue weighted by atomic mass is 79.9. The SMILES string of the molecule is Cc1ncc(C(F)F)c(Br)c1CO. The molecule has 0 atom stereocenters. The Labute approximate surface area is 82.7 Å². The van der Waals surface area contributed by atoms with E-state index in [2.05, 4.69) is 20.9 Å². The molecular weight excluding hydrogens is 244 g/mol. The molecule has 0 unspecified atom stereocenters. The van der Waals surface area contributed by atoms with E-state index in [0.717, 1.165) is 6.20 Å². The summed E-state index contributed by atoms with van der Waals surface area (Å²) < 4.78 is 24.9. The van der Waals surface area contributed by atoms with Gasteiger partial charge in [0.25, 0.3) is 6.43 Å². The second-order valence-corrected chi connectivity index (χ2v) is 3.34. The zero-order valence-corrected chi connectivity index (χ0v) is 8.48. The molecule has 0 aliphatic rings. The van der Waals surface area contributed by atoms with Crippen molar-refractivity contribution in [2.24, 2.45) is 0 Å². The Morgan fingerprint density at radius 3 is 2.69 bits per heavy atom. The molecule has 13 heavy (non-hydrogen) atoms. The van der Waals surface area contributed by atoms with E-state index >= 15 is 0 Å². The molecule has 0 aromatic carbocycles. The molecule has 0 bridgehead atoms. The molecule has 1 aromatic heterocycles. The number of aryl methyl sites for hydroxylation is 1. The fraction of sp³-hybridized carbons (Fsp3) is 0.375. The Hall–Kier alpha value is -0.550. The summed E-state index contributed by atoms with van der Waals surface area (Å²) in [6.45, 7) is 1.37. The first-order chi connectivity index (χ1) is 6.07. The van der Waals surface area contributed by atoms with Crippen molar-refractivity contribution < 1.29 is 13.9 Å². The van der Waals surface area contributed by atoms with Crippen molar-refractivity contribution in [3.63, 3.8) is 0 Å². The molecule has 1 aromatic rings. The van der Waals surface area contributed by atoms with Gasteiger partial charge in [0.05, 0.1) is 12.2 Å². The van der Waals surface area contributed by atoms with Crippen LogP contribution in [0.5, 0.6) is 0 Å². The summed E-state index contributed by atoms with van der Waals surface area (Å²) in [5.74, 6) is 0. The number of pyridine rings is 1. The first kappa shape index (κ1) is 10.5. The maximum atomic E-state index is 12.3. The van der Waals surface area contributed by atoms with Crippen LogP contribution in [0.3, 0.4) is 0 Å². The maximum Gasteiger partial charge on any atom is 0.266 e. The third kappa shape index (κ3) is 2.03. The van der Waals surface area contributed by atoms with Gasteiger partial charge in [-0.15, -0.1) is 0 Å². The number of aliphatic hydroxyl groups excluding tert-OH is 1. The monoisotopic (exact) mass is 251 g/mol. The topological polar surface area (TPSA) is 33.1 Å². The van der Waals surface area contributed by atoms with E-state index < -0.39 is 6.43 Å². The Bertz CT molecular complexity index is 317. The van der Waals surface area contributed by atoms with E-state index in [1.165, 1.54) is 0 Å². The van der Waals surface area contributed by atoms with Gasteiger partial charge < -0.3 is 5.11 Å². The fourth-order valence-electron chi connectivity index (χ4n) is 0.970. The summed E-state index contributed by atoms with van der Waals surface area (Å²) in [5, 5.41) is 8.89. The van der Waals surface area contributed by atoms with Gasteiger partial charge in [-0.1, -0.05) is 0 Å². The van der Waals surface area contributed by atoms with Gasteiger partial charge in [-0.05, 0) is 22.9 Å². The van der Waals surface area contributed by atoms with Crippen LogP contribution in [0.1, 0.15) is 23.2 Å². The van der Waals surface area contributed by atoms with Gasteiger partial charge in [0.1, 0.15) is 0 Å². The number of halogens is 3. The van der Waals surface area contributed by atoms with Crippen LogP contribution in [0.15, 0.2) is 10.7 Å². The summed E-state index contributed by atoms with van der Waals surface area (Å²) >= 11 is 3.01. The van der Waals surface area contributed by atoms with Crippen LogP contribution >= 0.6 is 15.9 Å². The van der Waals surface area contributed by atoms with Crippen molar-refractivity contribution in [2.75, 3.05) is 0 Å². The van der Waals surface area contributed by atoms with Crippen LogP contribution in [0, 0.1) is 6.92 Å². The van der Waals surface area contributed by atoms with Crippen LogP contribution in [0.25, 0.3) is 0 Å². The molecular formula is C8H8BrF2NO. The molecule has 0 aliphatic heterocycles. The van der Waals surface area contributed by atoms with Gasteiger partial charge in [0.15, 0.2) is 0 Å². The molecule has 0 saturated carbocycles. The van der Waals surface area contributed by atoms with Crippen LogP contribution < -0.4 is 0 Å². The number of aromatic nitrogens is 1. The van der Waals surface area contributed by atoms with Crippen molar-refractivity contribution in [3.8, 4) is 0 Å². The number of hydrogen-bond acceptors (Lipinski definition) is 2. The van der Waals surface area contributed by atoms with E-state index in [-0.39, 0.29) is 16.6 Å². The minimum absolute atomic E-state index is 0.186. The van der Waals surface area contributed by atoms with Crippen LogP contribution in [-0.4, -0.2) is 10.1 Å². The Morgan fingerprint density at radius 2 is 2.23 bits per heavy atom. The molecule has 1 N–H and O–H groups in total. The number of aliphatic hydroxyl groups is 1. The standard InChI is InChI=1S/C8H8BrF2NO/c1-4-6(3-13)7(9)5(2-12-4)8(10)11/h2,8,13H,3H2,1H3. The molecule has 0 amide bonds. The lowest BCUT2D eigenvalue weighted by Gasteiger charge is -2.08. The predicted octanol–water partition coefficient (Wildman–Crippen LogP) is 2.58. The summed E-state index contributed by atoms with van der Waals surface area (Å²) in [6.07, 6.45) is -1.46. The summed E-state index contributed by atoms with van der Waals surface area (Å²) in [6, 6.07) is 0. The molecule has 1 heterocycles. The highest BCUT2D eigenvalue weighted by molar-refractivity contribution is 9.10. The van der Waals surface area contributed by atoms with Crippen molar-refractivity contribution in [1.82, 2.24) is 4.98 Å². The number of rotatable bonds is 2. The van der Waals surface area contributed by atoms with Crippen LogP contribution in [-0.2, 0) is 6.61 Å². The lowest BCUT2D eigenvalue weighted by atomic mass is 10.1. The minimum Gasteiger partial charge on any atom is -0.392 e. The predicted molar refractivity (Wildman–Crippen MR) is 47.6 cm³/mol. The van der Waals surface area contributed by atoms with Crippen LogP contribution in [0.4, 0.5) is 8.78 Å². The fourth-order valence-corrected chi connectivity index (χ4v) is 1.66. The molecule has 0 fully saturated rings. The zero-order chi connectivity index (χ0) is 10.0. The summed E-state index contributed by atoms with van der Waals surface area (Å²) in [4.78, 5) is 3.76. The number of nitrogens with zero attached hydrogens (tertiary/aromatic N) is 1. The smallest absolute Gasteiger partial charge is 0.266 e. The van der Waals surface area contributed by atoms with Gasteiger partial charge in [0, 0.05) is 21.9 Å². The quantitative estimate of drug-likeness (QED) is 0.877. The normalized spacial score (nSPS) is 10.9. The molecule has 5 heteroatoms. The molecule has 0 radical (unpaired) electrons. The zero-order valence-electron chi connectivity index (χ0n) is 6.89. The second-order valence-electron chi connectivity index (χ2n) is 2.55. The molecule has 0 aliphatic carbocycles. The summed E-state index contributed by atoms with van der Waals surface area (Å²) in [7, 11) is 0. The second kappa shape index (κ2) is 4.11. The van der Waals surface area contributed by atoms with Crippen molar-refractivity contribution in [2.45, 2.75) is 20.0 Å². The molecule has 1 rings (SSSR count). The van der Waals surface area contributed by atoms with E-state index in [1.54, 1.807) is 6.92 Å². The first-order valence-corrected chi connectivity index (χ1v) is 4.40. The largest absolute Gasteiger partial charge is 0.392 e. The lowest BCUT2D eigenvalue weighted by molar-refractivity contribution is 0.149. The Kier molecular flexibility index (Phi) is 3.33. The van der Waals surface area contributed by atoms with Gasteiger partial charge in [-0.25, -0.2) is 8.78 Å². The number of hydrogen-bond donors (Lipinski definition) is 1. The average Bonchev–Trinajstić information content (AvgIpc) is 2.04. The average molecular weight is 252 g/mol. The van der Waals surface area contributed by atoms with E-state index in [9.17, 15) is 8.78 Å². The van der Waals surface area contributed by atoms with Gasteiger partial charge >= 0.3 is 0 Å². The van der Waals surface area contributed by atoms with E-state index in [0.29, 0.717) is 11.3 Å². The highest BCUT2D eigenvalue weighted by Crippen LogP contribution is 2.30. The Balaban J connectivity index is 3.27. The molecule has 0 spiro atoms. The van der Waals surface area contributed by atoms with Gasteiger partial charge in [-0.3, -0.25) is 4.98 Å². The van der Waals surface area contributed by atoms with E-state index in [4.69, 9.17) is 5.11 Å². The summed E-state index contributed by atoms with van der Waals surface area (Å²) in [5.41, 5.74) is 0.784. The van der Waals surface area contributed by atoms with Crippen molar-refractivity contribution >= 4 is 15.9 Å². The van der Waals surface area contributed by atoms with Gasteiger partial charge in [-0.2, -0.15) is 0 Å². The first-order valence-electron chi connectivity index (χ1n) is 3.60. The molecule has 0 saturated heterocycles. The molecule has 2 nitrogen and oxygen atoms in total. The lowest BCUT2D eigenvalue weighted by Crippen LogP contribution is -1.99. The molecule has 72 valence electrons. The Morgan fingerprint density at radius 1 is 1.62 bits per heavy atom. The van der Waals surface area contributed by atoms with E-state index in [1.807, 2.05) is 0 Å². The van der Waals surface area contributed by atoms with Gasteiger partial charge in [0.2, 0.25) is 0 Å². The number of alkyl halides is 2. The highest BCUT2D eigenvalue weighted by Gasteiger charge is 2.16. The van der Waals surface area contributed by atoms with Crippen molar-refractivity contribution in [1.29, 1.82) is 0 Å². The van der Waals surface area contributed by atoms with Crippen LogP contribution in [0.2, 0.25) is 0 Å². The maximum absolute atomic E-state index is 12.3. The van der Waals surface area contributed by atoms with Crippen molar-refractivity contribution in [3.05, 3.63) is 27.5 Å². The third-order valence-corrected chi connectivity index (χ3v) is 2.68.